The molecule has 696 valence electrons. The van der Waals surface area contributed by atoms with Crippen LogP contribution in [0.15, 0.2) is 83.9 Å². The van der Waals surface area contributed by atoms with Gasteiger partial charge in [0.25, 0.3) is 0 Å². The number of primary amides is 1. The van der Waals surface area contributed by atoms with Crippen molar-refractivity contribution in [3.8, 4) is 5.75 Å². The Kier molecular flexibility index (Phi) is 41.6. The molecule has 7 rings (SSSR count). The number of hydrogen-bond acceptors (Lipinski definition) is 25. The normalized spacial score (nSPS) is 21.6. The molecule has 1 aromatic heterocycles. The number of rotatable bonds is 44. The maximum Gasteiger partial charge on any atom is 0.326 e. The first kappa shape index (κ1) is 103. The van der Waals surface area contributed by atoms with E-state index in [1.807, 2.05) is 60.8 Å². The minimum atomic E-state index is -2.47. The minimum Gasteiger partial charge on any atom is -0.493 e. The van der Waals surface area contributed by atoms with Gasteiger partial charge in [-0.3, -0.25) is 76.6 Å². The van der Waals surface area contributed by atoms with Gasteiger partial charge in [0, 0.05) is 93.0 Å². The Hall–Kier alpha value is -11.3. The highest BCUT2D eigenvalue weighted by Crippen LogP contribution is 2.34. The van der Waals surface area contributed by atoms with Gasteiger partial charge in [-0.2, -0.15) is 0 Å². The topological polar surface area (TPSA) is 639 Å². The van der Waals surface area contributed by atoms with Crippen LogP contribution in [0.25, 0.3) is 10.9 Å². The van der Waals surface area contributed by atoms with Crippen molar-refractivity contribution >= 4 is 144 Å². The van der Waals surface area contributed by atoms with Crippen LogP contribution >= 0.6 is 21.6 Å². The largest absolute Gasteiger partial charge is 0.493 e. The van der Waals surface area contributed by atoms with Crippen molar-refractivity contribution < 1.29 is 121 Å². The number of ether oxygens (including phenoxy) is 1. The number of hydrogen-bond donors (Lipinski definition) is 21. The predicted octanol–water partition coefficient (Wildman–Crippen LogP) is -1.82. The molecule has 0 saturated carbocycles. The molecule has 3 aliphatic heterocycles. The molecule has 14 amide bonds. The molecule has 22 N–H and O–H groups in total. The average molecular weight is 1830 g/mol. The van der Waals surface area contributed by atoms with Crippen molar-refractivity contribution in [1.82, 2.24) is 79.0 Å². The first-order valence-electron chi connectivity index (χ1n) is 42.0. The molecule has 1 fully saturated rings. The highest BCUT2D eigenvalue weighted by molar-refractivity contribution is 8.76. The van der Waals surface area contributed by atoms with Crippen molar-refractivity contribution in [3.05, 3.63) is 95.6 Å². The molecule has 0 radical (unpaired) electrons. The third-order valence-electron chi connectivity index (χ3n) is 21.6. The zero-order chi connectivity index (χ0) is 93.0. The van der Waals surface area contributed by atoms with E-state index in [1.54, 1.807) is 65.8 Å². The molecule has 4 aromatic rings. The number of aromatic nitrogens is 1. The number of urea groups is 1. The van der Waals surface area contributed by atoms with Gasteiger partial charge in [0.2, 0.25) is 70.9 Å². The smallest absolute Gasteiger partial charge is 0.326 e. The van der Waals surface area contributed by atoms with E-state index in [2.05, 4.69) is 68.8 Å². The van der Waals surface area contributed by atoms with Crippen LogP contribution in [0, 0.1) is 11.8 Å². The van der Waals surface area contributed by atoms with E-state index in [4.69, 9.17) is 15.6 Å². The number of fused-ring (bicyclic) bond motifs is 5. The van der Waals surface area contributed by atoms with Crippen LogP contribution in [0.1, 0.15) is 141 Å². The summed E-state index contributed by atoms with van der Waals surface area (Å²) in [6.45, 7) is 4.07. The molecule has 4 heterocycles. The highest BCUT2D eigenvalue weighted by Gasteiger charge is 2.53. The number of amides is 14. The standard InChI is InChI=1S/C83H116N16O25S3/c1-5-46(2)70-76(115)88-40-67(107)90-62-44-127(123)78-54(37-60(73(112)87-41-68(108)97-70)92-77(116)71(48(4)63(103)43-100)98-83(45-101)39-51(102)42-99(83)79(117)61(38-64(84)104)93-75(62)114)53-24-23-52(36-57(53)94-78)124-32-17-33-125-126-47(3)29-31-86-72(111)58(34-49-18-11-9-12-19-49)91-74(113)59(35-50-20-13-10-14-21-50)89-66(106)22-15-7-6-8-16-30-85-65(105)27-25-55(80(118)119)95-82(122)96-56(81(120)121)26-28-69(109)110/h9-14,18-21,23-24,36,45-48,51,55-56,58-63,70-71,94,98,100,102-103H,5-8,15-17,22,25-35,37-44H2,1-4H3,(H2,84,104)(H,85,105)(H,86,111)(H,87,112)(H,88,115)(H,89,106)(H,90,107)(H,91,113)(H,92,116)(H,93,114)(H,97,108)(H,109,110)(H,118,119)(H,120,121)(H2,95,96,122)/t46-,47?,48-,51+,55?,56?,58-,59-,60?,61-,62?,63-,70-,71-,83-,127?/m0/s1. The van der Waals surface area contributed by atoms with E-state index < -0.39 is 248 Å². The summed E-state index contributed by atoms with van der Waals surface area (Å²) in [5.41, 5.74) is 5.09. The zero-order valence-electron chi connectivity index (χ0n) is 70.9. The Morgan fingerprint density at radius 2 is 1.29 bits per heavy atom. The number of aliphatic carboxylic acids is 3. The third kappa shape index (κ3) is 32.8. The van der Waals surface area contributed by atoms with Crippen molar-refractivity contribution in [2.75, 3.05) is 57.4 Å². The second kappa shape index (κ2) is 51.5. The second-order valence-electron chi connectivity index (χ2n) is 31.5. The summed E-state index contributed by atoms with van der Waals surface area (Å²) in [5, 5.41) is 93.7. The number of aliphatic hydroxyl groups is 3. The molecule has 6 unspecified atom stereocenters. The number of benzene rings is 3. The van der Waals surface area contributed by atoms with Crippen LogP contribution < -0.4 is 79.6 Å². The first-order chi connectivity index (χ1) is 60.5. The van der Waals surface area contributed by atoms with Crippen LogP contribution in [0.4, 0.5) is 4.79 Å². The number of H-pyrrole nitrogens is 1. The molecule has 44 heteroatoms. The van der Waals surface area contributed by atoms with Gasteiger partial charge in [0.1, 0.15) is 59.1 Å². The lowest BCUT2D eigenvalue weighted by Crippen LogP contribution is -2.69. The first-order valence-corrected chi connectivity index (χ1v) is 45.7. The molecule has 3 aliphatic rings. The van der Waals surface area contributed by atoms with Gasteiger partial charge >= 0.3 is 23.9 Å². The Balaban J connectivity index is 0.979. The molecule has 127 heavy (non-hydrogen) atoms. The molecule has 2 bridgehead atoms. The van der Waals surface area contributed by atoms with Crippen LogP contribution in [0.2, 0.25) is 0 Å². The summed E-state index contributed by atoms with van der Waals surface area (Å²) >= 11 is 0. The molecular formula is C83H116N16O25S3. The molecule has 0 spiro atoms. The lowest BCUT2D eigenvalue weighted by molar-refractivity contribution is -0.147. The van der Waals surface area contributed by atoms with Crippen LogP contribution in [-0.2, 0) is 107 Å². The average Bonchev–Trinajstić information content (AvgIpc) is 1.62. The summed E-state index contributed by atoms with van der Waals surface area (Å²) in [6.07, 6.45) is -2.17. The van der Waals surface area contributed by atoms with E-state index in [9.17, 15) is 102 Å². The minimum absolute atomic E-state index is 0.00563. The van der Waals surface area contributed by atoms with Crippen molar-refractivity contribution in [3.63, 3.8) is 0 Å². The molecular weight excluding hydrogens is 1720 g/mol. The second-order valence-corrected chi connectivity index (χ2v) is 35.9. The van der Waals surface area contributed by atoms with E-state index in [-0.39, 0.29) is 90.7 Å². The number of aromatic amines is 1. The molecule has 0 aliphatic carbocycles. The van der Waals surface area contributed by atoms with E-state index in [1.165, 1.54) is 6.92 Å². The Morgan fingerprint density at radius 3 is 1.91 bits per heavy atom. The molecule has 41 nitrogen and oxygen atoms in total. The summed E-state index contributed by atoms with van der Waals surface area (Å²) in [5.74, 6) is -16.7. The van der Waals surface area contributed by atoms with E-state index in [0.29, 0.717) is 62.9 Å². The quantitative estimate of drug-likeness (QED) is 0.0132. The van der Waals surface area contributed by atoms with E-state index in [0.717, 1.165) is 16.0 Å². The number of aliphatic hydroxyl groups excluding tert-OH is 3. The fourth-order valence-corrected chi connectivity index (χ4v) is 18.1. The maximum absolute atomic E-state index is 15.3. The third-order valence-corrected chi connectivity index (χ3v) is 26.1. The summed E-state index contributed by atoms with van der Waals surface area (Å²) in [7, 11) is 0.654. The highest BCUT2D eigenvalue weighted by atomic mass is 33.1. The number of nitrogens with two attached hydrogens (primary N) is 1. The maximum atomic E-state index is 15.3. The van der Waals surface area contributed by atoms with Gasteiger partial charge in [-0.25, -0.2) is 14.4 Å². The number of carboxylic acids is 3. The van der Waals surface area contributed by atoms with Gasteiger partial charge in [-0.15, -0.1) is 0 Å². The fraction of sp³-hybridized carbons (Fsp3) is 0.554. The van der Waals surface area contributed by atoms with Gasteiger partial charge in [-0.05, 0) is 73.3 Å². The summed E-state index contributed by atoms with van der Waals surface area (Å²) < 4.78 is 21.5. The molecule has 3 aromatic carbocycles. The molecule has 16 atom stereocenters. The number of unbranched alkanes of at least 4 members (excludes halogenated alkanes) is 4. The van der Waals surface area contributed by atoms with Crippen molar-refractivity contribution in [2.45, 2.75) is 226 Å². The van der Waals surface area contributed by atoms with Gasteiger partial charge in [0.05, 0.1) is 73.0 Å². The van der Waals surface area contributed by atoms with Crippen LogP contribution in [0.5, 0.6) is 5.75 Å². The van der Waals surface area contributed by atoms with Crippen molar-refractivity contribution in [2.24, 2.45) is 17.6 Å². The SMILES string of the molecule is CC[C@H](C)[C@@H]1NC(=O)CNC(=O)C2Cc3c([nH]c4cc(OCCCSSC(C)CCNC(=O)[C@H](Cc5ccccc5)NC(=O)[C@H](Cc5ccccc5)NC(=O)CCCCCCCNC(=O)CCC(NC(=O)NC(CCC(=O)O)C(=O)O)C(=O)O)ccc34)S(=O)CC(NC(=O)CNC1=O)C(=O)N[C@@H](CC(N)=O)C(=O)N1C[C@H](O)C[C@]1(C=O)N[C@@H]([C@@H](C)[C@@H](O)CO)C(=O)N2. The number of carbonyl (C=O) groups excluding carboxylic acids is 14. The Bertz CT molecular complexity index is 4540. The van der Waals surface area contributed by atoms with Gasteiger partial charge in [-0.1, -0.05) is 136 Å². The monoisotopic (exact) mass is 1830 g/mol. The fourth-order valence-electron chi connectivity index (χ4n) is 14.3. The summed E-state index contributed by atoms with van der Waals surface area (Å²) in [4.78, 5) is 232. The van der Waals surface area contributed by atoms with Crippen molar-refractivity contribution in [1.29, 1.82) is 0 Å². The van der Waals surface area contributed by atoms with Crippen LogP contribution in [-0.4, -0.2) is 281 Å². The lowest BCUT2D eigenvalue weighted by atomic mass is 9.92. The number of nitrogens with one attached hydrogen (secondary N) is 14. The van der Waals surface area contributed by atoms with E-state index >= 15 is 9.00 Å². The molecule has 1 saturated heterocycles. The lowest BCUT2D eigenvalue weighted by Gasteiger charge is -2.41. The Labute approximate surface area is 742 Å². The summed E-state index contributed by atoms with van der Waals surface area (Å²) in [6, 6.07) is 7.63. The number of carboxylic acid groups (broad SMARTS) is 3. The Morgan fingerprint density at radius 1 is 0.669 bits per heavy atom. The van der Waals surface area contributed by atoms with Gasteiger partial charge < -0.3 is 115 Å². The number of nitrogens with zero attached hydrogens (tertiary/aromatic N) is 1. The van der Waals surface area contributed by atoms with Gasteiger partial charge in [0.15, 0.2) is 11.9 Å². The van der Waals surface area contributed by atoms with Crippen LogP contribution in [0.3, 0.4) is 0 Å². The number of carbonyl (C=O) groups is 17. The predicted molar refractivity (Wildman–Crippen MR) is 463 cm³/mol. The number of aldehydes is 1. The zero-order valence-corrected chi connectivity index (χ0v) is 73.4.